The number of hydrogen-bond donors (Lipinski definition) is 2. The average molecular weight is 478 g/mol. The first-order valence-electron chi connectivity index (χ1n) is 13.3. The van der Waals surface area contributed by atoms with E-state index in [0.29, 0.717) is 29.4 Å². The summed E-state index contributed by atoms with van der Waals surface area (Å²) in [4.78, 5) is 32.4. The fourth-order valence-corrected chi connectivity index (χ4v) is 6.37. The molecule has 2 amide bonds. The normalized spacial score (nSPS) is 27.4. The Morgan fingerprint density at radius 1 is 1.14 bits per heavy atom. The van der Waals surface area contributed by atoms with Gasteiger partial charge in [-0.05, 0) is 61.8 Å². The average Bonchev–Trinajstić information content (AvgIpc) is 3.08. The van der Waals surface area contributed by atoms with E-state index < -0.39 is 5.54 Å². The minimum atomic E-state index is -0.753. The minimum absolute atomic E-state index is 0.0300. The van der Waals surface area contributed by atoms with Crippen LogP contribution in [0, 0.1) is 23.2 Å². The fourth-order valence-electron chi connectivity index (χ4n) is 6.37. The molecule has 0 bridgehead atoms. The molecule has 0 spiro atoms. The van der Waals surface area contributed by atoms with Crippen LogP contribution in [0.1, 0.15) is 99.4 Å². The fraction of sp³-hybridized carbons (Fsp3) is 0.643. The molecule has 1 heterocycles. The third-order valence-electron chi connectivity index (χ3n) is 8.32. The number of rotatable bonds is 8. The standard InChI is InChI=1S/C28H39N5O2/c1-33-26(35)28(32-27(33)30,16-6-10-20-7-3-2-4-8-20)18-22-9-5-11-24(17-22)31-25(34)23-14-12-21(19-29)13-15-23/h12-15,20,22,24H,2-11,16-18H2,1H3,(H2,30,32)(H,31,34)/t22-,24+,28+/m0/s1. The van der Waals surface area contributed by atoms with Crippen LogP contribution in [0.4, 0.5) is 0 Å². The number of nitrogens with two attached hydrogens (primary N) is 1. The van der Waals surface area contributed by atoms with E-state index in [0.717, 1.165) is 44.4 Å². The second-order valence-electron chi connectivity index (χ2n) is 10.9. The molecule has 1 aliphatic heterocycles. The summed E-state index contributed by atoms with van der Waals surface area (Å²) in [7, 11) is 1.73. The van der Waals surface area contributed by atoms with Gasteiger partial charge in [-0.1, -0.05) is 57.8 Å². The first-order chi connectivity index (χ1) is 16.9. The van der Waals surface area contributed by atoms with E-state index in [-0.39, 0.29) is 17.9 Å². The summed E-state index contributed by atoms with van der Waals surface area (Å²) >= 11 is 0. The lowest BCUT2D eigenvalue weighted by molar-refractivity contribution is -0.131. The van der Waals surface area contributed by atoms with E-state index in [2.05, 4.69) is 11.4 Å². The molecule has 2 saturated carbocycles. The molecule has 1 aromatic rings. The van der Waals surface area contributed by atoms with Gasteiger partial charge in [-0.15, -0.1) is 0 Å². The zero-order valence-corrected chi connectivity index (χ0v) is 21.0. The van der Waals surface area contributed by atoms with E-state index in [4.69, 9.17) is 16.0 Å². The van der Waals surface area contributed by atoms with Crippen LogP contribution in [0.15, 0.2) is 29.3 Å². The monoisotopic (exact) mass is 477 g/mol. The van der Waals surface area contributed by atoms with Crippen LogP contribution < -0.4 is 11.1 Å². The molecule has 0 radical (unpaired) electrons. The molecule has 0 aromatic heterocycles. The number of nitriles is 1. The molecule has 0 unspecified atom stereocenters. The van der Waals surface area contributed by atoms with E-state index in [1.807, 2.05) is 0 Å². The van der Waals surface area contributed by atoms with Crippen LogP contribution in [-0.4, -0.2) is 41.3 Å². The molecule has 4 rings (SSSR count). The molecule has 3 N–H and O–H groups in total. The summed E-state index contributed by atoms with van der Waals surface area (Å²) in [6.07, 6.45) is 14.1. The maximum Gasteiger partial charge on any atom is 0.257 e. The molecule has 7 heteroatoms. The minimum Gasteiger partial charge on any atom is -0.369 e. The van der Waals surface area contributed by atoms with Crippen LogP contribution in [0.3, 0.4) is 0 Å². The predicted octanol–water partition coefficient (Wildman–Crippen LogP) is 4.51. The maximum atomic E-state index is 13.3. The van der Waals surface area contributed by atoms with Crippen LogP contribution in [0.2, 0.25) is 0 Å². The van der Waals surface area contributed by atoms with Gasteiger partial charge < -0.3 is 11.1 Å². The van der Waals surface area contributed by atoms with Crippen LogP contribution in [0.5, 0.6) is 0 Å². The molecule has 3 aliphatic rings. The Morgan fingerprint density at radius 3 is 2.51 bits per heavy atom. The highest BCUT2D eigenvalue weighted by Crippen LogP contribution is 2.39. The summed E-state index contributed by atoms with van der Waals surface area (Å²) in [6, 6.07) is 8.88. The second kappa shape index (κ2) is 11.2. The Kier molecular flexibility index (Phi) is 8.10. The lowest BCUT2D eigenvalue weighted by atomic mass is 9.75. The van der Waals surface area contributed by atoms with E-state index >= 15 is 0 Å². The molecule has 0 saturated heterocycles. The molecular weight excluding hydrogens is 438 g/mol. The summed E-state index contributed by atoms with van der Waals surface area (Å²) in [5.74, 6) is 1.35. The number of likely N-dealkylation sites (N-methyl/N-ethyl adjacent to an activating group) is 1. The lowest BCUT2D eigenvalue weighted by Crippen LogP contribution is -2.45. The van der Waals surface area contributed by atoms with Crippen LogP contribution in [-0.2, 0) is 4.79 Å². The summed E-state index contributed by atoms with van der Waals surface area (Å²) in [5.41, 5.74) is 6.47. The second-order valence-corrected chi connectivity index (χ2v) is 10.9. The Morgan fingerprint density at radius 2 is 1.86 bits per heavy atom. The number of amides is 2. The number of aliphatic imine (C=N–C) groups is 1. The van der Waals surface area contributed by atoms with Crippen molar-refractivity contribution >= 4 is 17.8 Å². The quantitative estimate of drug-likeness (QED) is 0.573. The third kappa shape index (κ3) is 6.04. The van der Waals surface area contributed by atoms with Crippen molar-refractivity contribution in [2.45, 2.75) is 95.1 Å². The van der Waals surface area contributed by atoms with Gasteiger partial charge >= 0.3 is 0 Å². The predicted molar refractivity (Wildman–Crippen MR) is 137 cm³/mol. The largest absolute Gasteiger partial charge is 0.369 e. The van der Waals surface area contributed by atoms with Gasteiger partial charge in [-0.2, -0.15) is 5.26 Å². The van der Waals surface area contributed by atoms with Gasteiger partial charge in [0.15, 0.2) is 5.96 Å². The van der Waals surface area contributed by atoms with Crippen molar-refractivity contribution in [2.24, 2.45) is 22.6 Å². The lowest BCUT2D eigenvalue weighted by Gasteiger charge is -2.35. The Balaban J connectivity index is 1.37. The highest BCUT2D eigenvalue weighted by atomic mass is 16.2. The highest BCUT2D eigenvalue weighted by Gasteiger charge is 2.47. The summed E-state index contributed by atoms with van der Waals surface area (Å²) in [6.45, 7) is 0. The van der Waals surface area contributed by atoms with Gasteiger partial charge in [0.05, 0.1) is 11.6 Å². The highest BCUT2D eigenvalue weighted by molar-refractivity contribution is 6.06. The zero-order chi connectivity index (χ0) is 24.8. The van der Waals surface area contributed by atoms with Crippen molar-refractivity contribution in [3.63, 3.8) is 0 Å². The molecule has 1 aromatic carbocycles. The number of benzene rings is 1. The van der Waals surface area contributed by atoms with Gasteiger partial charge in [-0.3, -0.25) is 14.5 Å². The van der Waals surface area contributed by atoms with Crippen LogP contribution >= 0.6 is 0 Å². The molecule has 35 heavy (non-hydrogen) atoms. The molecule has 2 fully saturated rings. The summed E-state index contributed by atoms with van der Waals surface area (Å²) in [5, 5.41) is 12.1. The number of nitrogens with zero attached hydrogens (tertiary/aromatic N) is 3. The van der Waals surface area contributed by atoms with Crippen molar-refractivity contribution in [1.82, 2.24) is 10.2 Å². The smallest absolute Gasteiger partial charge is 0.257 e. The Labute approximate surface area is 209 Å². The van der Waals surface area contributed by atoms with Crippen LogP contribution in [0.25, 0.3) is 0 Å². The van der Waals surface area contributed by atoms with Gasteiger partial charge in [0.2, 0.25) is 0 Å². The molecule has 2 aliphatic carbocycles. The van der Waals surface area contributed by atoms with E-state index in [9.17, 15) is 9.59 Å². The van der Waals surface area contributed by atoms with Gasteiger partial charge in [-0.25, -0.2) is 4.99 Å². The van der Waals surface area contributed by atoms with Crippen molar-refractivity contribution in [3.8, 4) is 6.07 Å². The SMILES string of the molecule is CN1C(=O)[C@@](CCCC2CCCCC2)(C[C@H]2CCC[C@@H](NC(=O)c3ccc(C#N)cc3)C2)N=C1N. The number of carbonyl (C=O) groups is 2. The number of nitrogens with one attached hydrogen (secondary N) is 1. The van der Waals surface area contributed by atoms with Crippen molar-refractivity contribution in [1.29, 1.82) is 5.26 Å². The Bertz CT molecular complexity index is 976. The first kappa shape index (κ1) is 25.2. The maximum absolute atomic E-state index is 13.3. The van der Waals surface area contributed by atoms with Crippen molar-refractivity contribution < 1.29 is 9.59 Å². The number of hydrogen-bond acceptors (Lipinski definition) is 5. The summed E-state index contributed by atoms with van der Waals surface area (Å²) < 4.78 is 0. The van der Waals surface area contributed by atoms with Gasteiger partial charge in [0, 0.05) is 18.7 Å². The van der Waals surface area contributed by atoms with Crippen molar-refractivity contribution in [2.75, 3.05) is 7.05 Å². The molecular formula is C28H39N5O2. The Hall–Kier alpha value is -2.88. The number of guanidine groups is 1. The topological polar surface area (TPSA) is 112 Å². The van der Waals surface area contributed by atoms with Crippen molar-refractivity contribution in [3.05, 3.63) is 35.4 Å². The van der Waals surface area contributed by atoms with Gasteiger partial charge in [0.1, 0.15) is 5.54 Å². The first-order valence-corrected chi connectivity index (χ1v) is 13.3. The number of carbonyl (C=O) groups excluding carboxylic acids is 2. The van der Waals surface area contributed by atoms with Gasteiger partial charge in [0.25, 0.3) is 11.8 Å². The molecule has 7 nitrogen and oxygen atoms in total. The van der Waals surface area contributed by atoms with E-state index in [1.165, 1.54) is 43.4 Å². The van der Waals surface area contributed by atoms with E-state index in [1.54, 1.807) is 31.3 Å². The zero-order valence-electron chi connectivity index (χ0n) is 21.0. The molecule has 3 atom stereocenters. The third-order valence-corrected chi connectivity index (χ3v) is 8.32. The molecule has 188 valence electrons.